The van der Waals surface area contributed by atoms with Gasteiger partial charge in [-0.25, -0.2) is 4.98 Å². The van der Waals surface area contributed by atoms with E-state index in [1.165, 1.54) is 11.3 Å². The van der Waals surface area contributed by atoms with Gasteiger partial charge in [0.15, 0.2) is 0 Å². The molecule has 3 heterocycles. The first kappa shape index (κ1) is 15.1. The van der Waals surface area contributed by atoms with E-state index in [0.29, 0.717) is 21.8 Å². The zero-order chi connectivity index (χ0) is 16.5. The van der Waals surface area contributed by atoms with Crippen LogP contribution in [-0.4, -0.2) is 14.5 Å². The molecule has 0 amide bonds. The molecular weight excluding hydrogens is 342 g/mol. The Morgan fingerprint density at radius 3 is 2.67 bits per heavy atom. The molecule has 1 aromatic carbocycles. The van der Waals surface area contributed by atoms with Crippen molar-refractivity contribution in [2.75, 3.05) is 0 Å². The second-order valence-corrected chi connectivity index (χ2v) is 6.57. The number of benzene rings is 1. The van der Waals surface area contributed by atoms with Crippen molar-refractivity contribution in [2.24, 2.45) is 0 Å². The maximum Gasteiger partial charge on any atom is 0.263 e. The Kier molecular flexibility index (Phi) is 3.88. The van der Waals surface area contributed by atoms with Gasteiger partial charge in [0.2, 0.25) is 0 Å². The lowest BCUT2D eigenvalue weighted by molar-refractivity contribution is 0.731. The number of thiophene rings is 1. The Hall–Kier alpha value is -2.50. The summed E-state index contributed by atoms with van der Waals surface area (Å²) in [5.74, 6) is 0. The summed E-state index contributed by atoms with van der Waals surface area (Å²) in [7, 11) is 0. The largest absolute Gasteiger partial charge is 0.293 e. The molecule has 3 aromatic heterocycles. The number of hydrogen-bond donors (Lipinski definition) is 0. The third-order valence-corrected chi connectivity index (χ3v) is 5.00. The fourth-order valence-corrected chi connectivity index (χ4v) is 3.76. The van der Waals surface area contributed by atoms with Gasteiger partial charge in [-0.3, -0.25) is 14.3 Å². The van der Waals surface area contributed by atoms with E-state index in [9.17, 15) is 4.79 Å². The Labute approximate surface area is 147 Å². The molecular formula is C18H12ClN3OS. The molecule has 0 spiro atoms. The Morgan fingerprint density at radius 1 is 1.04 bits per heavy atom. The van der Waals surface area contributed by atoms with E-state index in [2.05, 4.69) is 9.97 Å². The van der Waals surface area contributed by atoms with Crippen molar-refractivity contribution < 1.29 is 0 Å². The van der Waals surface area contributed by atoms with Gasteiger partial charge in [0.1, 0.15) is 4.83 Å². The summed E-state index contributed by atoms with van der Waals surface area (Å²) in [5, 5.41) is 3.16. The zero-order valence-corrected chi connectivity index (χ0v) is 14.1. The van der Waals surface area contributed by atoms with Crippen LogP contribution in [0.5, 0.6) is 0 Å². The van der Waals surface area contributed by atoms with Crippen molar-refractivity contribution in [3.05, 3.63) is 81.4 Å². The smallest absolute Gasteiger partial charge is 0.263 e. The van der Waals surface area contributed by atoms with Crippen molar-refractivity contribution in [1.82, 2.24) is 14.5 Å². The van der Waals surface area contributed by atoms with Gasteiger partial charge in [-0.05, 0) is 18.2 Å². The number of hydrogen-bond acceptors (Lipinski definition) is 4. The lowest BCUT2D eigenvalue weighted by atomic mass is 10.1. The van der Waals surface area contributed by atoms with Gasteiger partial charge in [-0.2, -0.15) is 0 Å². The summed E-state index contributed by atoms with van der Waals surface area (Å²) in [6.07, 6.45) is 3.29. The lowest BCUT2D eigenvalue weighted by Crippen LogP contribution is -2.21. The van der Waals surface area contributed by atoms with Gasteiger partial charge >= 0.3 is 0 Å². The highest BCUT2D eigenvalue weighted by atomic mass is 35.5. The Bertz CT molecular complexity index is 1070. The molecule has 4 nitrogen and oxygen atoms in total. The van der Waals surface area contributed by atoms with Crippen LogP contribution in [0.4, 0.5) is 0 Å². The molecule has 0 radical (unpaired) electrons. The Balaban J connectivity index is 1.88. The number of nitrogens with zero attached hydrogens (tertiary/aromatic N) is 3. The highest BCUT2D eigenvalue weighted by Crippen LogP contribution is 2.34. The molecule has 0 bridgehead atoms. The number of rotatable bonds is 3. The highest BCUT2D eigenvalue weighted by molar-refractivity contribution is 7.17. The predicted molar refractivity (Wildman–Crippen MR) is 97.7 cm³/mol. The molecule has 4 aromatic rings. The highest BCUT2D eigenvalue weighted by Gasteiger charge is 2.15. The van der Waals surface area contributed by atoms with E-state index >= 15 is 0 Å². The van der Waals surface area contributed by atoms with E-state index < -0.39 is 0 Å². The summed E-state index contributed by atoms with van der Waals surface area (Å²) in [4.78, 5) is 22.4. The average Bonchev–Trinajstić information content (AvgIpc) is 3.03. The van der Waals surface area contributed by atoms with Crippen LogP contribution >= 0.6 is 22.9 Å². The average molecular weight is 354 g/mol. The normalized spacial score (nSPS) is 11.0. The first-order chi connectivity index (χ1) is 11.7. The van der Waals surface area contributed by atoms with Crippen molar-refractivity contribution in [3.63, 3.8) is 0 Å². The minimum absolute atomic E-state index is 0.0816. The second kappa shape index (κ2) is 6.19. The monoisotopic (exact) mass is 353 g/mol. The van der Waals surface area contributed by atoms with E-state index in [0.717, 1.165) is 16.8 Å². The first-order valence-electron chi connectivity index (χ1n) is 7.35. The number of fused-ring (bicyclic) bond motifs is 1. The maximum absolute atomic E-state index is 13.0. The maximum atomic E-state index is 13.0. The quantitative estimate of drug-likeness (QED) is 0.554. The molecule has 0 N–H and O–H groups in total. The zero-order valence-electron chi connectivity index (χ0n) is 12.5. The second-order valence-electron chi connectivity index (χ2n) is 5.31. The van der Waals surface area contributed by atoms with Crippen LogP contribution in [0, 0.1) is 0 Å². The summed E-state index contributed by atoms with van der Waals surface area (Å²) in [6, 6.07) is 13.2. The third kappa shape index (κ3) is 2.62. The first-order valence-corrected chi connectivity index (χ1v) is 8.61. The molecule has 0 aliphatic rings. The molecule has 0 saturated carbocycles. The molecule has 118 valence electrons. The molecule has 0 saturated heterocycles. The SMILES string of the molecule is O=c1c2c(-c3ccccc3Cl)csc2ncn1Cc1ccccn1. The van der Waals surface area contributed by atoms with Crippen molar-refractivity contribution >= 4 is 33.2 Å². The molecule has 0 aliphatic carbocycles. The minimum Gasteiger partial charge on any atom is -0.293 e. The van der Waals surface area contributed by atoms with Gasteiger partial charge in [0, 0.05) is 27.7 Å². The topological polar surface area (TPSA) is 47.8 Å². The molecule has 0 unspecified atom stereocenters. The Morgan fingerprint density at radius 2 is 1.88 bits per heavy atom. The third-order valence-electron chi connectivity index (χ3n) is 3.78. The van der Waals surface area contributed by atoms with Crippen LogP contribution in [0.3, 0.4) is 0 Å². The molecule has 24 heavy (non-hydrogen) atoms. The number of aromatic nitrogens is 3. The predicted octanol–water partition coefficient (Wildman–Crippen LogP) is 4.22. The van der Waals surface area contributed by atoms with E-state index in [1.807, 2.05) is 47.8 Å². The van der Waals surface area contributed by atoms with Gasteiger partial charge < -0.3 is 0 Å². The summed E-state index contributed by atoms with van der Waals surface area (Å²) in [6.45, 7) is 0.389. The fraction of sp³-hybridized carbons (Fsp3) is 0.0556. The van der Waals surface area contributed by atoms with Crippen LogP contribution in [0.2, 0.25) is 5.02 Å². The van der Waals surface area contributed by atoms with Crippen LogP contribution in [-0.2, 0) is 6.54 Å². The summed E-state index contributed by atoms with van der Waals surface area (Å²) in [5.41, 5.74) is 2.41. The van der Waals surface area contributed by atoms with Gasteiger partial charge in [-0.15, -0.1) is 11.3 Å². The van der Waals surface area contributed by atoms with Crippen molar-refractivity contribution in [3.8, 4) is 11.1 Å². The molecule has 0 fully saturated rings. The van der Waals surface area contributed by atoms with E-state index in [-0.39, 0.29) is 5.56 Å². The minimum atomic E-state index is -0.0816. The van der Waals surface area contributed by atoms with E-state index in [4.69, 9.17) is 11.6 Å². The van der Waals surface area contributed by atoms with Crippen molar-refractivity contribution in [1.29, 1.82) is 0 Å². The van der Waals surface area contributed by atoms with E-state index in [1.54, 1.807) is 17.1 Å². The van der Waals surface area contributed by atoms with Crippen LogP contribution < -0.4 is 5.56 Å². The van der Waals surface area contributed by atoms with Crippen LogP contribution in [0.15, 0.2) is 65.2 Å². The van der Waals surface area contributed by atoms with Gasteiger partial charge in [0.25, 0.3) is 5.56 Å². The lowest BCUT2D eigenvalue weighted by Gasteiger charge is -2.06. The van der Waals surface area contributed by atoms with Crippen LogP contribution in [0.25, 0.3) is 21.3 Å². The number of halogens is 1. The molecule has 0 atom stereocenters. The summed E-state index contributed by atoms with van der Waals surface area (Å²) < 4.78 is 1.58. The van der Waals surface area contributed by atoms with Gasteiger partial charge in [0.05, 0.1) is 24.0 Å². The summed E-state index contributed by atoms with van der Waals surface area (Å²) >= 11 is 7.75. The van der Waals surface area contributed by atoms with Crippen LogP contribution in [0.1, 0.15) is 5.69 Å². The fourth-order valence-electron chi connectivity index (χ4n) is 2.62. The number of pyridine rings is 1. The van der Waals surface area contributed by atoms with Gasteiger partial charge in [-0.1, -0.05) is 35.9 Å². The standard InChI is InChI=1S/C18H12ClN3OS/c19-15-7-2-1-6-13(15)14-10-24-17-16(14)18(23)22(11-21-17)9-12-5-3-4-8-20-12/h1-8,10-11H,9H2. The molecule has 4 rings (SSSR count). The van der Waals surface area contributed by atoms with Crippen molar-refractivity contribution in [2.45, 2.75) is 6.54 Å². The molecule has 0 aliphatic heterocycles. The molecule has 6 heteroatoms.